The smallest absolute Gasteiger partial charge is 0.277 e. The van der Waals surface area contributed by atoms with E-state index in [0.29, 0.717) is 19.0 Å². The minimum atomic E-state index is -0.277. The van der Waals surface area contributed by atoms with Crippen LogP contribution in [0.1, 0.15) is 16.2 Å². The molecule has 2 fully saturated rings. The number of morpholine rings is 2. The predicted molar refractivity (Wildman–Crippen MR) is 102 cm³/mol. The van der Waals surface area contributed by atoms with Crippen molar-refractivity contribution in [2.24, 2.45) is 0 Å². The van der Waals surface area contributed by atoms with Crippen molar-refractivity contribution in [3.05, 3.63) is 35.7 Å². The molecule has 3 heterocycles. The first-order valence-electron chi connectivity index (χ1n) is 9.25. The summed E-state index contributed by atoms with van der Waals surface area (Å²) in [6.45, 7) is 7.90. The summed E-state index contributed by atoms with van der Waals surface area (Å²) in [5, 5.41) is 6.78. The Hall–Kier alpha value is -2.58. The van der Waals surface area contributed by atoms with Crippen LogP contribution in [0.4, 0.5) is 17.1 Å². The van der Waals surface area contributed by atoms with Gasteiger partial charge in [0.2, 0.25) is 0 Å². The number of anilines is 3. The maximum absolute atomic E-state index is 12.5. The van der Waals surface area contributed by atoms with Crippen LogP contribution in [0.2, 0.25) is 0 Å². The lowest BCUT2D eigenvalue weighted by Crippen LogP contribution is -2.38. The van der Waals surface area contributed by atoms with Gasteiger partial charge in [0.1, 0.15) is 5.76 Å². The number of nitrogens with one attached hydrogen (secondary N) is 1. The van der Waals surface area contributed by atoms with Gasteiger partial charge in [-0.05, 0) is 25.1 Å². The lowest BCUT2D eigenvalue weighted by Gasteiger charge is -2.33. The Kier molecular flexibility index (Phi) is 5.26. The van der Waals surface area contributed by atoms with Crippen LogP contribution in [-0.2, 0) is 9.47 Å². The number of carbonyl (C=O) groups excluding carboxylic acids is 1. The average Bonchev–Trinajstić information content (AvgIpc) is 3.16. The second-order valence-electron chi connectivity index (χ2n) is 6.68. The molecule has 1 aromatic heterocycles. The van der Waals surface area contributed by atoms with Gasteiger partial charge in [-0.2, -0.15) is 0 Å². The summed E-state index contributed by atoms with van der Waals surface area (Å²) in [7, 11) is 0. The fraction of sp³-hybridized carbons (Fsp3) is 0.474. The van der Waals surface area contributed by atoms with Gasteiger partial charge in [-0.1, -0.05) is 5.16 Å². The summed E-state index contributed by atoms with van der Waals surface area (Å²) in [5.41, 5.74) is 3.17. The molecule has 0 saturated carbocycles. The molecule has 2 saturated heterocycles. The molecule has 2 aliphatic heterocycles. The van der Waals surface area contributed by atoms with Gasteiger partial charge in [-0.25, -0.2) is 0 Å². The molecule has 2 aliphatic rings. The van der Waals surface area contributed by atoms with E-state index in [1.807, 2.05) is 12.1 Å². The van der Waals surface area contributed by atoms with E-state index in [1.54, 1.807) is 13.0 Å². The Morgan fingerprint density at radius 1 is 1.00 bits per heavy atom. The van der Waals surface area contributed by atoms with Crippen molar-refractivity contribution in [2.75, 3.05) is 67.7 Å². The molecule has 0 bridgehead atoms. The zero-order valence-corrected chi connectivity index (χ0v) is 15.4. The highest BCUT2D eigenvalue weighted by Crippen LogP contribution is 2.32. The number of aryl methyl sites for hydroxylation is 1. The highest BCUT2D eigenvalue weighted by atomic mass is 16.5. The standard InChI is InChI=1S/C19H24N4O4/c1-14-12-17(21-27-14)19(24)20-16-3-2-15(22-4-8-25-9-5-22)13-18(16)23-6-10-26-11-7-23/h2-3,12-13H,4-11H2,1H3,(H,20,24). The van der Waals surface area contributed by atoms with Crippen molar-refractivity contribution in [3.8, 4) is 0 Å². The summed E-state index contributed by atoms with van der Waals surface area (Å²) in [4.78, 5) is 17.1. The molecule has 0 aliphatic carbocycles. The van der Waals surface area contributed by atoms with Crippen LogP contribution in [0.3, 0.4) is 0 Å². The van der Waals surface area contributed by atoms with Gasteiger partial charge >= 0.3 is 0 Å². The molecule has 27 heavy (non-hydrogen) atoms. The number of benzene rings is 1. The predicted octanol–water partition coefficient (Wildman–Crippen LogP) is 1.91. The Bertz CT molecular complexity index is 795. The molecule has 144 valence electrons. The first-order chi connectivity index (χ1) is 13.2. The molecule has 1 aromatic carbocycles. The minimum absolute atomic E-state index is 0.276. The molecular weight excluding hydrogens is 348 g/mol. The summed E-state index contributed by atoms with van der Waals surface area (Å²) < 4.78 is 15.9. The number of rotatable bonds is 4. The maximum atomic E-state index is 12.5. The molecular formula is C19H24N4O4. The second-order valence-corrected chi connectivity index (χ2v) is 6.68. The SMILES string of the molecule is Cc1cc(C(=O)Nc2ccc(N3CCOCC3)cc2N2CCOCC2)no1. The number of carbonyl (C=O) groups is 1. The first-order valence-corrected chi connectivity index (χ1v) is 9.25. The molecule has 8 heteroatoms. The van der Waals surface area contributed by atoms with Gasteiger partial charge in [-0.15, -0.1) is 0 Å². The third-order valence-corrected chi connectivity index (χ3v) is 4.82. The quantitative estimate of drug-likeness (QED) is 0.878. The van der Waals surface area contributed by atoms with Crippen LogP contribution in [0, 0.1) is 6.92 Å². The van der Waals surface area contributed by atoms with Gasteiger partial charge in [0.25, 0.3) is 5.91 Å². The fourth-order valence-electron chi connectivity index (χ4n) is 3.37. The summed E-state index contributed by atoms with van der Waals surface area (Å²) in [6, 6.07) is 7.77. The van der Waals surface area contributed by atoms with Gasteiger partial charge in [0.05, 0.1) is 37.8 Å². The number of nitrogens with zero attached hydrogens (tertiary/aromatic N) is 3. The van der Waals surface area contributed by atoms with Crippen LogP contribution in [0.15, 0.2) is 28.8 Å². The van der Waals surface area contributed by atoms with Crippen molar-refractivity contribution in [1.29, 1.82) is 0 Å². The van der Waals surface area contributed by atoms with Gasteiger partial charge in [0.15, 0.2) is 5.69 Å². The van der Waals surface area contributed by atoms with E-state index in [0.717, 1.165) is 56.5 Å². The number of amides is 1. The van der Waals surface area contributed by atoms with Crippen molar-refractivity contribution in [3.63, 3.8) is 0 Å². The van der Waals surface area contributed by atoms with E-state index in [1.165, 1.54) is 0 Å². The maximum Gasteiger partial charge on any atom is 0.277 e. The molecule has 8 nitrogen and oxygen atoms in total. The van der Waals surface area contributed by atoms with Crippen LogP contribution < -0.4 is 15.1 Å². The number of aromatic nitrogens is 1. The third-order valence-electron chi connectivity index (χ3n) is 4.82. The van der Waals surface area contributed by atoms with Gasteiger partial charge in [0, 0.05) is 37.9 Å². The molecule has 0 unspecified atom stereocenters. The van der Waals surface area contributed by atoms with Gasteiger partial charge < -0.3 is 29.1 Å². The van der Waals surface area contributed by atoms with E-state index >= 15 is 0 Å². The normalized spacial score (nSPS) is 17.8. The molecule has 2 aromatic rings. The molecule has 0 atom stereocenters. The van der Waals surface area contributed by atoms with Crippen molar-refractivity contribution in [1.82, 2.24) is 5.16 Å². The molecule has 1 amide bonds. The van der Waals surface area contributed by atoms with Crippen LogP contribution >= 0.6 is 0 Å². The Labute approximate surface area is 158 Å². The van der Waals surface area contributed by atoms with E-state index in [2.05, 4.69) is 26.3 Å². The van der Waals surface area contributed by atoms with Crippen LogP contribution in [0.5, 0.6) is 0 Å². The molecule has 0 spiro atoms. The number of hydrogen-bond donors (Lipinski definition) is 1. The van der Waals surface area contributed by atoms with Crippen molar-refractivity contribution < 1.29 is 18.8 Å². The zero-order chi connectivity index (χ0) is 18.6. The van der Waals surface area contributed by atoms with Gasteiger partial charge in [-0.3, -0.25) is 4.79 Å². The lowest BCUT2D eigenvalue weighted by molar-refractivity contribution is 0.101. The Morgan fingerprint density at radius 2 is 1.67 bits per heavy atom. The highest BCUT2D eigenvalue weighted by molar-refractivity contribution is 6.05. The Morgan fingerprint density at radius 3 is 2.30 bits per heavy atom. The van der Waals surface area contributed by atoms with Crippen molar-refractivity contribution >= 4 is 23.0 Å². The van der Waals surface area contributed by atoms with Crippen LogP contribution in [0.25, 0.3) is 0 Å². The van der Waals surface area contributed by atoms with Crippen molar-refractivity contribution in [2.45, 2.75) is 6.92 Å². The molecule has 0 radical (unpaired) electrons. The third kappa shape index (κ3) is 4.06. The van der Waals surface area contributed by atoms with Crippen LogP contribution in [-0.4, -0.2) is 63.7 Å². The minimum Gasteiger partial charge on any atom is -0.378 e. The molecule has 1 N–H and O–H groups in total. The van der Waals surface area contributed by atoms with E-state index < -0.39 is 0 Å². The monoisotopic (exact) mass is 372 g/mol. The number of ether oxygens (including phenoxy) is 2. The van der Waals surface area contributed by atoms with E-state index in [4.69, 9.17) is 14.0 Å². The molecule has 4 rings (SSSR count). The first kappa shape index (κ1) is 17.8. The average molecular weight is 372 g/mol. The fourth-order valence-corrected chi connectivity index (χ4v) is 3.37. The summed E-state index contributed by atoms with van der Waals surface area (Å²) in [6.07, 6.45) is 0. The lowest BCUT2D eigenvalue weighted by atomic mass is 10.1. The van der Waals surface area contributed by atoms with E-state index in [9.17, 15) is 4.79 Å². The summed E-state index contributed by atoms with van der Waals surface area (Å²) >= 11 is 0. The topological polar surface area (TPSA) is 80.1 Å². The summed E-state index contributed by atoms with van der Waals surface area (Å²) in [5.74, 6) is 0.330. The Balaban J connectivity index is 1.61. The number of hydrogen-bond acceptors (Lipinski definition) is 7. The van der Waals surface area contributed by atoms with E-state index in [-0.39, 0.29) is 11.6 Å². The highest BCUT2D eigenvalue weighted by Gasteiger charge is 2.20. The zero-order valence-electron chi connectivity index (χ0n) is 15.4. The second kappa shape index (κ2) is 7.98. The largest absolute Gasteiger partial charge is 0.378 e.